The van der Waals surface area contributed by atoms with Crippen LogP contribution in [0.1, 0.15) is 19.4 Å². The van der Waals surface area contributed by atoms with E-state index in [1.54, 1.807) is 7.05 Å². The van der Waals surface area contributed by atoms with E-state index in [-0.39, 0.29) is 24.0 Å². The summed E-state index contributed by atoms with van der Waals surface area (Å²) in [7, 11) is 1.80. The van der Waals surface area contributed by atoms with E-state index in [0.717, 1.165) is 64.3 Å². The van der Waals surface area contributed by atoms with Gasteiger partial charge in [-0.05, 0) is 23.6 Å². The zero-order chi connectivity index (χ0) is 17.9. The van der Waals surface area contributed by atoms with E-state index in [0.29, 0.717) is 5.92 Å². The van der Waals surface area contributed by atoms with E-state index in [1.807, 2.05) is 12.1 Å². The molecule has 1 aliphatic rings. The molecule has 0 aromatic heterocycles. The quantitative estimate of drug-likeness (QED) is 0.343. The minimum absolute atomic E-state index is 0. The van der Waals surface area contributed by atoms with Gasteiger partial charge in [0.25, 0.3) is 0 Å². The molecule has 26 heavy (non-hydrogen) atoms. The molecule has 0 radical (unpaired) electrons. The van der Waals surface area contributed by atoms with Crippen molar-refractivity contribution < 1.29 is 9.47 Å². The van der Waals surface area contributed by atoms with E-state index in [1.165, 1.54) is 5.56 Å². The Balaban J connectivity index is 0.00000338. The summed E-state index contributed by atoms with van der Waals surface area (Å²) >= 11 is 0. The van der Waals surface area contributed by atoms with Gasteiger partial charge in [0.2, 0.25) is 0 Å². The molecule has 0 spiro atoms. The Hall–Kier alpha value is -1.06. The van der Waals surface area contributed by atoms with E-state index in [9.17, 15) is 0 Å². The zero-order valence-corrected chi connectivity index (χ0v) is 18.5. The summed E-state index contributed by atoms with van der Waals surface area (Å²) in [6.07, 6.45) is 0. The van der Waals surface area contributed by atoms with Crippen molar-refractivity contribution in [2.75, 3.05) is 53.0 Å². The van der Waals surface area contributed by atoms with Gasteiger partial charge in [-0.3, -0.25) is 9.89 Å². The van der Waals surface area contributed by atoms with Gasteiger partial charge in [0.05, 0.1) is 19.8 Å². The molecule has 148 valence electrons. The average molecular weight is 476 g/mol. The van der Waals surface area contributed by atoms with Gasteiger partial charge in [0.15, 0.2) is 5.96 Å². The summed E-state index contributed by atoms with van der Waals surface area (Å²) in [6.45, 7) is 11.3. The number of benzene rings is 1. The minimum atomic E-state index is 0. The summed E-state index contributed by atoms with van der Waals surface area (Å²) in [4.78, 5) is 6.69. The first kappa shape index (κ1) is 23.0. The van der Waals surface area contributed by atoms with Crippen molar-refractivity contribution in [3.63, 3.8) is 0 Å². The number of halogens is 1. The smallest absolute Gasteiger partial charge is 0.191 e. The third-order valence-corrected chi connectivity index (χ3v) is 3.99. The highest BCUT2D eigenvalue weighted by Crippen LogP contribution is 2.14. The Labute approximate surface area is 174 Å². The standard InChI is InChI=1S/C19H32N4O2.HI/c1-16(2)15-25-18-6-4-5-17(13-18)14-22-19(20-3)21-7-8-23-9-11-24-12-10-23;/h4-6,13,16H,7-12,14-15H2,1-3H3,(H2,20,21,22);1H. The number of morpholine rings is 1. The highest BCUT2D eigenvalue weighted by molar-refractivity contribution is 14.0. The Bertz CT molecular complexity index is 534. The highest BCUT2D eigenvalue weighted by atomic mass is 127. The Morgan fingerprint density at radius 3 is 2.73 bits per heavy atom. The molecule has 1 aromatic carbocycles. The van der Waals surface area contributed by atoms with Gasteiger partial charge in [0, 0.05) is 39.8 Å². The SMILES string of the molecule is CN=C(NCCN1CCOCC1)NCc1cccc(OCC(C)C)c1.I. The van der Waals surface area contributed by atoms with Crippen molar-refractivity contribution in [1.29, 1.82) is 0 Å². The van der Waals surface area contributed by atoms with Crippen LogP contribution in [0, 0.1) is 5.92 Å². The highest BCUT2D eigenvalue weighted by Gasteiger charge is 2.09. The summed E-state index contributed by atoms with van der Waals surface area (Å²) in [5, 5.41) is 6.72. The third kappa shape index (κ3) is 9.05. The van der Waals surface area contributed by atoms with E-state index in [2.05, 4.69) is 46.5 Å². The number of aliphatic imine (C=N–C) groups is 1. The Morgan fingerprint density at radius 2 is 2.04 bits per heavy atom. The molecule has 6 nitrogen and oxygen atoms in total. The van der Waals surface area contributed by atoms with Crippen LogP contribution in [0.3, 0.4) is 0 Å². The molecule has 7 heteroatoms. The van der Waals surface area contributed by atoms with Crippen LogP contribution < -0.4 is 15.4 Å². The zero-order valence-electron chi connectivity index (χ0n) is 16.2. The molecule has 1 fully saturated rings. The normalized spacial score (nSPS) is 15.5. The van der Waals surface area contributed by atoms with Crippen LogP contribution in [0.25, 0.3) is 0 Å². The third-order valence-electron chi connectivity index (χ3n) is 3.99. The van der Waals surface area contributed by atoms with Gasteiger partial charge < -0.3 is 20.1 Å². The molecular formula is C19H33IN4O2. The predicted octanol–water partition coefficient (Wildman–Crippen LogP) is 2.34. The van der Waals surface area contributed by atoms with Crippen LogP contribution in [0.4, 0.5) is 0 Å². The lowest BCUT2D eigenvalue weighted by Gasteiger charge is -2.26. The van der Waals surface area contributed by atoms with E-state index < -0.39 is 0 Å². The molecule has 0 aliphatic carbocycles. The van der Waals surface area contributed by atoms with Crippen molar-refractivity contribution >= 4 is 29.9 Å². The number of nitrogens with one attached hydrogen (secondary N) is 2. The van der Waals surface area contributed by atoms with Crippen molar-refractivity contribution in [2.45, 2.75) is 20.4 Å². The summed E-state index contributed by atoms with van der Waals surface area (Å²) in [5.74, 6) is 2.27. The number of guanidine groups is 1. The molecule has 1 heterocycles. The number of hydrogen-bond acceptors (Lipinski definition) is 4. The molecule has 2 N–H and O–H groups in total. The maximum Gasteiger partial charge on any atom is 0.191 e. The number of nitrogens with zero attached hydrogens (tertiary/aromatic N) is 2. The monoisotopic (exact) mass is 476 g/mol. The van der Waals surface area contributed by atoms with Crippen molar-refractivity contribution in [1.82, 2.24) is 15.5 Å². The molecule has 2 rings (SSSR count). The fourth-order valence-electron chi connectivity index (χ4n) is 2.57. The maximum atomic E-state index is 5.78. The largest absolute Gasteiger partial charge is 0.493 e. The lowest BCUT2D eigenvalue weighted by atomic mass is 10.2. The van der Waals surface area contributed by atoms with E-state index >= 15 is 0 Å². The van der Waals surface area contributed by atoms with E-state index in [4.69, 9.17) is 9.47 Å². The van der Waals surface area contributed by atoms with Gasteiger partial charge in [-0.25, -0.2) is 0 Å². The minimum Gasteiger partial charge on any atom is -0.493 e. The second kappa shape index (κ2) is 13.2. The predicted molar refractivity (Wildman–Crippen MR) is 118 cm³/mol. The summed E-state index contributed by atoms with van der Waals surface area (Å²) < 4.78 is 11.2. The van der Waals surface area contributed by atoms with Crippen LogP contribution in [0.15, 0.2) is 29.3 Å². The number of rotatable bonds is 8. The molecule has 0 unspecified atom stereocenters. The van der Waals surface area contributed by atoms with Crippen LogP contribution in [0.2, 0.25) is 0 Å². The Morgan fingerprint density at radius 1 is 1.27 bits per heavy atom. The molecule has 1 saturated heterocycles. The maximum absolute atomic E-state index is 5.78. The second-order valence-electron chi connectivity index (χ2n) is 6.66. The van der Waals surface area contributed by atoms with Gasteiger partial charge in [-0.15, -0.1) is 24.0 Å². The van der Waals surface area contributed by atoms with Crippen molar-refractivity contribution in [3.05, 3.63) is 29.8 Å². The molecule has 1 aliphatic heterocycles. The first-order chi connectivity index (χ1) is 12.2. The van der Waals surface area contributed by atoms with Crippen LogP contribution in [-0.4, -0.2) is 63.9 Å². The van der Waals surface area contributed by atoms with Crippen LogP contribution in [-0.2, 0) is 11.3 Å². The first-order valence-electron chi connectivity index (χ1n) is 9.13. The molecule has 1 aromatic rings. The van der Waals surface area contributed by atoms with Gasteiger partial charge in [-0.2, -0.15) is 0 Å². The topological polar surface area (TPSA) is 58.1 Å². The second-order valence-corrected chi connectivity index (χ2v) is 6.66. The Kier molecular flexibility index (Phi) is 11.6. The molecule has 0 amide bonds. The number of hydrogen-bond donors (Lipinski definition) is 2. The molecule has 0 atom stereocenters. The van der Waals surface area contributed by atoms with Gasteiger partial charge in [-0.1, -0.05) is 26.0 Å². The molecule has 0 bridgehead atoms. The average Bonchev–Trinajstić information content (AvgIpc) is 2.64. The van der Waals surface area contributed by atoms with Crippen LogP contribution >= 0.6 is 24.0 Å². The van der Waals surface area contributed by atoms with Gasteiger partial charge >= 0.3 is 0 Å². The summed E-state index contributed by atoms with van der Waals surface area (Å²) in [6, 6.07) is 8.20. The lowest BCUT2D eigenvalue weighted by molar-refractivity contribution is 0.0389. The molecular weight excluding hydrogens is 443 g/mol. The lowest BCUT2D eigenvalue weighted by Crippen LogP contribution is -2.44. The molecule has 0 saturated carbocycles. The van der Waals surface area contributed by atoms with Crippen molar-refractivity contribution in [3.8, 4) is 5.75 Å². The van der Waals surface area contributed by atoms with Gasteiger partial charge in [0.1, 0.15) is 5.75 Å². The number of ether oxygens (including phenoxy) is 2. The van der Waals surface area contributed by atoms with Crippen LogP contribution in [0.5, 0.6) is 5.75 Å². The fraction of sp³-hybridized carbons (Fsp3) is 0.632. The summed E-state index contributed by atoms with van der Waals surface area (Å²) in [5.41, 5.74) is 1.18. The first-order valence-corrected chi connectivity index (χ1v) is 9.13. The van der Waals surface area contributed by atoms with Crippen molar-refractivity contribution in [2.24, 2.45) is 10.9 Å². The fourth-order valence-corrected chi connectivity index (χ4v) is 2.57.